The Bertz CT molecular complexity index is 868. The molecule has 0 radical (unpaired) electrons. The lowest BCUT2D eigenvalue weighted by Crippen LogP contribution is -2.48. The van der Waals surface area contributed by atoms with Crippen LogP contribution in [0, 0.1) is 0 Å². The van der Waals surface area contributed by atoms with Gasteiger partial charge in [-0.15, -0.1) is 0 Å². The van der Waals surface area contributed by atoms with E-state index < -0.39 is 11.8 Å². The molecular weight excluding hydrogens is 390 g/mol. The van der Waals surface area contributed by atoms with Crippen molar-refractivity contribution in [3.8, 4) is 11.5 Å². The topological polar surface area (TPSA) is 88.7 Å². The van der Waals surface area contributed by atoms with Crippen LogP contribution in [-0.4, -0.2) is 30.1 Å². The van der Waals surface area contributed by atoms with E-state index in [4.69, 9.17) is 21.7 Å². The molecule has 152 valence electrons. The lowest BCUT2D eigenvalue weighted by molar-refractivity contribution is 0.0933. The Hall–Kier alpha value is -3.39. The van der Waals surface area contributed by atoms with Crippen LogP contribution in [0.2, 0.25) is 0 Å². The molecule has 0 unspecified atom stereocenters. The fourth-order valence-corrected chi connectivity index (χ4v) is 2.38. The van der Waals surface area contributed by atoms with Gasteiger partial charge in [0, 0.05) is 5.56 Å². The number of hydrazine groups is 1. The molecule has 3 N–H and O–H groups in total. The van der Waals surface area contributed by atoms with Crippen molar-refractivity contribution in [2.45, 2.75) is 13.3 Å². The van der Waals surface area contributed by atoms with Crippen LogP contribution in [0.5, 0.6) is 11.5 Å². The van der Waals surface area contributed by atoms with Crippen LogP contribution in [0.15, 0.2) is 61.2 Å². The first-order chi connectivity index (χ1) is 14.0. The third-order valence-corrected chi connectivity index (χ3v) is 3.80. The number of nitrogens with one attached hydrogen (secondary N) is 3. The van der Waals surface area contributed by atoms with Gasteiger partial charge >= 0.3 is 0 Å². The van der Waals surface area contributed by atoms with Gasteiger partial charge in [0.15, 0.2) is 5.11 Å². The summed E-state index contributed by atoms with van der Waals surface area (Å²) in [5.41, 5.74) is 5.69. The first-order valence-corrected chi connectivity index (χ1v) is 9.43. The zero-order valence-electron chi connectivity index (χ0n) is 16.1. The summed E-state index contributed by atoms with van der Waals surface area (Å²) in [5, 5.41) is 2.47. The summed E-state index contributed by atoms with van der Waals surface area (Å²) in [6.07, 6.45) is 2.46. The molecule has 0 saturated carbocycles. The minimum absolute atomic E-state index is 0.0421. The van der Waals surface area contributed by atoms with Gasteiger partial charge in [-0.05, 0) is 55.0 Å². The molecule has 0 aliphatic carbocycles. The maximum Gasteiger partial charge on any atom is 0.269 e. The number of benzene rings is 2. The number of para-hydroxylation sites is 1. The van der Waals surface area contributed by atoms with E-state index in [1.807, 2.05) is 6.92 Å². The number of amides is 2. The molecule has 8 heteroatoms. The molecule has 2 amide bonds. The highest BCUT2D eigenvalue weighted by atomic mass is 32.1. The van der Waals surface area contributed by atoms with Crippen molar-refractivity contribution in [2.24, 2.45) is 0 Å². The maximum absolute atomic E-state index is 12.4. The number of rotatable bonds is 8. The van der Waals surface area contributed by atoms with Gasteiger partial charge in [-0.3, -0.25) is 25.8 Å². The molecule has 0 aromatic heterocycles. The van der Waals surface area contributed by atoms with Crippen LogP contribution in [0.1, 0.15) is 34.1 Å². The highest BCUT2D eigenvalue weighted by Crippen LogP contribution is 2.18. The van der Waals surface area contributed by atoms with E-state index in [2.05, 4.69) is 22.7 Å². The Morgan fingerprint density at radius 3 is 2.45 bits per heavy atom. The minimum Gasteiger partial charge on any atom is -0.493 e. The van der Waals surface area contributed by atoms with E-state index in [1.54, 1.807) is 54.6 Å². The molecule has 0 aliphatic heterocycles. The largest absolute Gasteiger partial charge is 0.493 e. The lowest BCUT2D eigenvalue weighted by Gasteiger charge is -2.13. The molecule has 0 fully saturated rings. The number of carbonyl (C=O) groups excluding carboxylic acids is 2. The van der Waals surface area contributed by atoms with Crippen molar-refractivity contribution >= 4 is 29.1 Å². The second kappa shape index (κ2) is 11.5. The molecule has 2 rings (SSSR count). The summed E-state index contributed by atoms with van der Waals surface area (Å²) in [6.45, 7) is 6.43. The van der Waals surface area contributed by atoms with Crippen molar-refractivity contribution in [3.63, 3.8) is 0 Å². The second-order valence-corrected chi connectivity index (χ2v) is 6.24. The minimum atomic E-state index is -0.438. The van der Waals surface area contributed by atoms with Gasteiger partial charge in [0.05, 0.1) is 12.2 Å². The zero-order chi connectivity index (χ0) is 21.1. The van der Waals surface area contributed by atoms with E-state index in [0.29, 0.717) is 35.8 Å². The van der Waals surface area contributed by atoms with Crippen LogP contribution < -0.4 is 25.6 Å². The maximum atomic E-state index is 12.4. The van der Waals surface area contributed by atoms with Crippen LogP contribution in [0.25, 0.3) is 0 Å². The summed E-state index contributed by atoms with van der Waals surface area (Å²) in [5.74, 6) is 0.245. The highest BCUT2D eigenvalue weighted by Gasteiger charge is 2.14. The molecule has 0 aliphatic rings. The second-order valence-electron chi connectivity index (χ2n) is 5.83. The third kappa shape index (κ3) is 6.93. The van der Waals surface area contributed by atoms with Crippen LogP contribution in [0.4, 0.5) is 0 Å². The standard InChI is InChI=1S/C21H23N3O4S/c1-3-13-27-16-11-9-15(10-12-16)19(25)23-24-21(29)22-20(26)17-7-5-6-8-18(17)28-14-4-2/h3,5-12H,1,4,13-14H2,2H3,(H,23,25)(H2,22,24,26,29). The quantitative estimate of drug-likeness (QED) is 0.350. The van der Waals surface area contributed by atoms with Crippen molar-refractivity contribution in [3.05, 3.63) is 72.3 Å². The van der Waals surface area contributed by atoms with E-state index in [-0.39, 0.29) is 5.11 Å². The molecule has 0 heterocycles. The van der Waals surface area contributed by atoms with Gasteiger partial charge in [0.1, 0.15) is 18.1 Å². The van der Waals surface area contributed by atoms with E-state index in [1.165, 1.54) is 0 Å². The molecular formula is C21H23N3O4S. The van der Waals surface area contributed by atoms with Crippen molar-refractivity contribution in [2.75, 3.05) is 13.2 Å². The Kier molecular flexibility index (Phi) is 8.65. The summed E-state index contributed by atoms with van der Waals surface area (Å²) < 4.78 is 10.9. The Morgan fingerprint density at radius 2 is 1.76 bits per heavy atom. The monoisotopic (exact) mass is 413 g/mol. The van der Waals surface area contributed by atoms with Gasteiger partial charge in [-0.2, -0.15) is 0 Å². The first kappa shape index (κ1) is 21.9. The molecule has 0 spiro atoms. The molecule has 0 saturated heterocycles. The normalized spacial score (nSPS) is 9.83. The number of carbonyl (C=O) groups is 2. The van der Waals surface area contributed by atoms with Crippen LogP contribution in [0.3, 0.4) is 0 Å². The average Bonchev–Trinajstić information content (AvgIpc) is 2.75. The van der Waals surface area contributed by atoms with Crippen LogP contribution >= 0.6 is 12.2 Å². The summed E-state index contributed by atoms with van der Waals surface area (Å²) >= 11 is 5.07. The predicted octanol–water partition coefficient (Wildman–Crippen LogP) is 2.99. The third-order valence-electron chi connectivity index (χ3n) is 3.59. The first-order valence-electron chi connectivity index (χ1n) is 9.02. The molecule has 2 aromatic rings. The average molecular weight is 413 g/mol. The van der Waals surface area contributed by atoms with Crippen LogP contribution in [-0.2, 0) is 0 Å². The zero-order valence-corrected chi connectivity index (χ0v) is 16.9. The number of hydrogen-bond donors (Lipinski definition) is 3. The Morgan fingerprint density at radius 1 is 1.03 bits per heavy atom. The fraction of sp³-hybridized carbons (Fsp3) is 0.190. The van der Waals surface area contributed by atoms with Crippen molar-refractivity contribution in [1.82, 2.24) is 16.2 Å². The number of hydrogen-bond acceptors (Lipinski definition) is 5. The highest BCUT2D eigenvalue weighted by molar-refractivity contribution is 7.80. The summed E-state index contributed by atoms with van der Waals surface area (Å²) in [7, 11) is 0. The van der Waals surface area contributed by atoms with E-state index in [0.717, 1.165) is 6.42 Å². The number of thiocarbonyl (C=S) groups is 1. The lowest BCUT2D eigenvalue weighted by atomic mass is 10.2. The van der Waals surface area contributed by atoms with Gasteiger partial charge in [0.2, 0.25) is 0 Å². The van der Waals surface area contributed by atoms with E-state index >= 15 is 0 Å². The molecule has 7 nitrogen and oxygen atoms in total. The Balaban J connectivity index is 1.87. The molecule has 0 bridgehead atoms. The van der Waals surface area contributed by atoms with Gasteiger partial charge in [-0.25, -0.2) is 0 Å². The predicted molar refractivity (Wildman–Crippen MR) is 115 cm³/mol. The smallest absolute Gasteiger partial charge is 0.269 e. The molecule has 0 atom stereocenters. The van der Waals surface area contributed by atoms with E-state index in [9.17, 15) is 9.59 Å². The number of ether oxygens (including phenoxy) is 2. The summed E-state index contributed by atoms with van der Waals surface area (Å²) in [6, 6.07) is 13.4. The Labute approximate surface area is 175 Å². The van der Waals surface area contributed by atoms with Crippen molar-refractivity contribution in [1.29, 1.82) is 0 Å². The van der Waals surface area contributed by atoms with Crippen molar-refractivity contribution < 1.29 is 19.1 Å². The fourth-order valence-electron chi connectivity index (χ4n) is 2.24. The summed E-state index contributed by atoms with van der Waals surface area (Å²) in [4.78, 5) is 24.6. The molecule has 2 aromatic carbocycles. The molecule has 29 heavy (non-hydrogen) atoms. The van der Waals surface area contributed by atoms with Gasteiger partial charge in [0.25, 0.3) is 11.8 Å². The SMILES string of the molecule is C=CCOc1ccc(C(=O)NNC(=S)NC(=O)c2ccccc2OCCC)cc1. The van der Waals surface area contributed by atoms with Gasteiger partial charge < -0.3 is 9.47 Å². The van der Waals surface area contributed by atoms with Gasteiger partial charge in [-0.1, -0.05) is 31.7 Å².